The van der Waals surface area contributed by atoms with Crippen molar-refractivity contribution in [3.8, 4) is 11.3 Å². The fourth-order valence-corrected chi connectivity index (χ4v) is 2.83. The summed E-state index contributed by atoms with van der Waals surface area (Å²) in [5.74, 6) is -0.797. The summed E-state index contributed by atoms with van der Waals surface area (Å²) in [7, 11) is 0. The smallest absolute Gasteiger partial charge is 0.352 e. The number of halogens is 1. The number of benzene rings is 1. The summed E-state index contributed by atoms with van der Waals surface area (Å²) in [4.78, 5) is 21.9. The van der Waals surface area contributed by atoms with Gasteiger partial charge < -0.3 is 36.5 Å². The van der Waals surface area contributed by atoms with Gasteiger partial charge in [-0.3, -0.25) is 0 Å². The first-order valence-corrected chi connectivity index (χ1v) is 10.0. The van der Waals surface area contributed by atoms with Crippen molar-refractivity contribution in [2.45, 2.75) is 19.0 Å². The molecular weight excluding hydrogens is 438 g/mol. The van der Waals surface area contributed by atoms with E-state index in [1.807, 2.05) is 19.1 Å². The topological polar surface area (TPSA) is 178 Å². The molecule has 11 heteroatoms. The van der Waals surface area contributed by atoms with E-state index in [2.05, 4.69) is 20.3 Å². The number of hydrogen-bond donors (Lipinski definition) is 7. The van der Waals surface area contributed by atoms with Crippen LogP contribution in [0, 0.1) is 6.92 Å². The normalized spacial score (nSPS) is 11.6. The minimum absolute atomic E-state index is 0.0552. The monoisotopic (exact) mass is 463 g/mol. The summed E-state index contributed by atoms with van der Waals surface area (Å²) < 4.78 is 0. The predicted molar refractivity (Wildman–Crippen MR) is 121 cm³/mol. The number of carbonyl (C=O) groups is 1. The average molecular weight is 464 g/mol. The molecule has 1 unspecified atom stereocenters. The van der Waals surface area contributed by atoms with Crippen LogP contribution in [-0.4, -0.2) is 67.2 Å². The number of aromatic amines is 1. The van der Waals surface area contributed by atoms with Crippen LogP contribution in [0.2, 0.25) is 5.02 Å². The van der Waals surface area contributed by atoms with Gasteiger partial charge in [0.25, 0.3) is 0 Å². The maximum absolute atomic E-state index is 10.9. The van der Waals surface area contributed by atoms with Gasteiger partial charge in [0.2, 0.25) is 5.95 Å². The Labute approximate surface area is 189 Å². The van der Waals surface area contributed by atoms with Crippen LogP contribution < -0.4 is 11.1 Å². The summed E-state index contributed by atoms with van der Waals surface area (Å²) >= 11 is 5.71. The van der Waals surface area contributed by atoms with E-state index < -0.39 is 12.0 Å². The SMILES string of the molecule is Cc1cnc(NC(CO)CO)nc1-c1c[nH]c(C(=O)O)c1.NC(CO)c1cccc(Cl)c1. The van der Waals surface area contributed by atoms with Crippen LogP contribution in [0.5, 0.6) is 0 Å². The number of carboxylic acids is 1. The molecule has 1 atom stereocenters. The second-order valence-electron chi connectivity index (χ2n) is 6.88. The molecule has 8 N–H and O–H groups in total. The number of hydrogen-bond acceptors (Lipinski definition) is 8. The standard InChI is InChI=1S/C13H16N4O4.C8H10ClNO/c1-7-3-15-13(16-9(5-18)6-19)17-11(7)8-2-10(12(20)21)14-4-8;9-7-3-1-2-6(4-7)8(10)5-11/h2-4,9,14,18-19H,5-6H2,1H3,(H,20,21)(H,15,16,17);1-4,8,11H,5,10H2. The molecule has 0 aliphatic carbocycles. The molecule has 1 aromatic carbocycles. The number of nitrogens with zero attached hydrogens (tertiary/aromatic N) is 2. The molecule has 0 amide bonds. The van der Waals surface area contributed by atoms with E-state index in [0.717, 1.165) is 11.1 Å². The maximum atomic E-state index is 10.9. The molecule has 2 heterocycles. The highest BCUT2D eigenvalue weighted by Gasteiger charge is 2.13. The predicted octanol–water partition coefficient (Wildman–Crippen LogP) is 1.58. The Morgan fingerprint density at radius 3 is 2.50 bits per heavy atom. The molecule has 3 aromatic rings. The van der Waals surface area contributed by atoms with E-state index in [-0.39, 0.29) is 37.5 Å². The summed E-state index contributed by atoms with van der Waals surface area (Å²) in [6, 6.07) is 7.78. The van der Waals surface area contributed by atoms with Crippen molar-refractivity contribution < 1.29 is 25.2 Å². The van der Waals surface area contributed by atoms with Crippen molar-refractivity contribution in [1.82, 2.24) is 15.0 Å². The highest BCUT2D eigenvalue weighted by molar-refractivity contribution is 6.30. The number of aliphatic hydroxyl groups is 3. The Morgan fingerprint density at radius 2 is 1.94 bits per heavy atom. The van der Waals surface area contributed by atoms with Crippen LogP contribution in [0.3, 0.4) is 0 Å². The van der Waals surface area contributed by atoms with Crippen LogP contribution >= 0.6 is 11.6 Å². The fourth-order valence-electron chi connectivity index (χ4n) is 2.63. The molecule has 3 rings (SSSR count). The van der Waals surface area contributed by atoms with Gasteiger partial charge in [-0.15, -0.1) is 0 Å². The second kappa shape index (κ2) is 12.1. The van der Waals surface area contributed by atoms with Gasteiger partial charge in [0.05, 0.1) is 37.6 Å². The quantitative estimate of drug-likeness (QED) is 0.261. The number of anilines is 1. The van der Waals surface area contributed by atoms with Crippen molar-refractivity contribution in [1.29, 1.82) is 0 Å². The number of nitrogens with two attached hydrogens (primary N) is 1. The Kier molecular flexibility index (Phi) is 9.57. The number of aromatic nitrogens is 3. The second-order valence-corrected chi connectivity index (χ2v) is 7.32. The number of aliphatic hydroxyl groups excluding tert-OH is 3. The van der Waals surface area contributed by atoms with Gasteiger partial charge in [-0.2, -0.15) is 0 Å². The van der Waals surface area contributed by atoms with Crippen molar-refractivity contribution in [2.24, 2.45) is 5.73 Å². The molecule has 2 aromatic heterocycles. The number of carboxylic acid groups (broad SMARTS) is 1. The van der Waals surface area contributed by atoms with E-state index in [1.165, 1.54) is 6.07 Å². The van der Waals surface area contributed by atoms with Gasteiger partial charge in [-0.1, -0.05) is 23.7 Å². The lowest BCUT2D eigenvalue weighted by Gasteiger charge is -2.14. The number of aromatic carboxylic acids is 1. The van der Waals surface area contributed by atoms with E-state index in [4.69, 9.17) is 37.8 Å². The van der Waals surface area contributed by atoms with Gasteiger partial charge in [-0.05, 0) is 36.2 Å². The number of H-pyrrole nitrogens is 1. The van der Waals surface area contributed by atoms with Crippen LogP contribution in [0.25, 0.3) is 11.3 Å². The lowest BCUT2D eigenvalue weighted by Crippen LogP contribution is -2.28. The van der Waals surface area contributed by atoms with Crippen molar-refractivity contribution >= 4 is 23.5 Å². The molecule has 0 fully saturated rings. The fraction of sp³-hybridized carbons (Fsp3) is 0.286. The lowest BCUT2D eigenvalue weighted by molar-refractivity contribution is 0.0691. The Morgan fingerprint density at radius 1 is 1.22 bits per heavy atom. The highest BCUT2D eigenvalue weighted by Crippen LogP contribution is 2.23. The molecule has 0 saturated heterocycles. The van der Waals surface area contributed by atoms with E-state index >= 15 is 0 Å². The summed E-state index contributed by atoms with van der Waals surface area (Å²) in [6.07, 6.45) is 3.14. The third kappa shape index (κ3) is 7.01. The van der Waals surface area contributed by atoms with Crippen molar-refractivity contribution in [2.75, 3.05) is 25.1 Å². The molecule has 0 bridgehead atoms. The van der Waals surface area contributed by atoms with E-state index in [9.17, 15) is 4.79 Å². The third-order valence-corrected chi connectivity index (χ3v) is 4.64. The van der Waals surface area contributed by atoms with Crippen molar-refractivity contribution in [3.05, 3.63) is 64.6 Å². The molecule has 0 spiro atoms. The lowest BCUT2D eigenvalue weighted by atomic mass is 10.1. The maximum Gasteiger partial charge on any atom is 0.352 e. The molecule has 0 aliphatic rings. The first-order valence-electron chi connectivity index (χ1n) is 9.64. The van der Waals surface area contributed by atoms with E-state index in [1.54, 1.807) is 24.5 Å². The van der Waals surface area contributed by atoms with Gasteiger partial charge >= 0.3 is 5.97 Å². The molecule has 0 radical (unpaired) electrons. The summed E-state index contributed by atoms with van der Waals surface area (Å²) in [5.41, 5.74) is 8.46. The van der Waals surface area contributed by atoms with Crippen LogP contribution in [-0.2, 0) is 0 Å². The Balaban J connectivity index is 0.000000278. The Bertz CT molecular complexity index is 1030. The first-order chi connectivity index (χ1) is 15.3. The zero-order chi connectivity index (χ0) is 23.7. The summed E-state index contributed by atoms with van der Waals surface area (Å²) in [6.45, 7) is 1.25. The van der Waals surface area contributed by atoms with Gasteiger partial charge in [0.1, 0.15) is 5.69 Å². The van der Waals surface area contributed by atoms with Gasteiger partial charge in [0, 0.05) is 23.0 Å². The third-order valence-electron chi connectivity index (χ3n) is 4.41. The zero-order valence-corrected chi connectivity index (χ0v) is 18.1. The first kappa shape index (κ1) is 25.2. The minimum atomic E-state index is -1.05. The van der Waals surface area contributed by atoms with Crippen LogP contribution in [0.15, 0.2) is 42.7 Å². The number of nitrogens with one attached hydrogen (secondary N) is 2. The minimum Gasteiger partial charge on any atom is -0.477 e. The van der Waals surface area contributed by atoms with Crippen LogP contribution in [0.4, 0.5) is 5.95 Å². The molecule has 10 nitrogen and oxygen atoms in total. The van der Waals surface area contributed by atoms with Crippen molar-refractivity contribution in [3.63, 3.8) is 0 Å². The molecule has 0 saturated carbocycles. The molecule has 32 heavy (non-hydrogen) atoms. The van der Waals surface area contributed by atoms with Gasteiger partial charge in [0.15, 0.2) is 0 Å². The zero-order valence-electron chi connectivity index (χ0n) is 17.4. The van der Waals surface area contributed by atoms with Gasteiger partial charge in [-0.25, -0.2) is 14.8 Å². The summed E-state index contributed by atoms with van der Waals surface area (Å²) in [5, 5.41) is 39.2. The molecule has 172 valence electrons. The van der Waals surface area contributed by atoms with Crippen LogP contribution in [0.1, 0.15) is 27.7 Å². The largest absolute Gasteiger partial charge is 0.477 e. The Hall–Kier alpha value is -3.02. The molecule has 0 aliphatic heterocycles. The highest BCUT2D eigenvalue weighted by atomic mass is 35.5. The number of aryl methyl sites for hydroxylation is 1. The molecular formula is C21H26ClN5O5. The van der Waals surface area contributed by atoms with E-state index in [0.29, 0.717) is 16.3 Å². The average Bonchev–Trinajstić information content (AvgIpc) is 3.29. The number of rotatable bonds is 8.